The maximum Gasteiger partial charge on any atom is 0.225 e. The number of aromatic nitrogens is 2. The molecule has 0 saturated heterocycles. The van der Waals surface area contributed by atoms with Crippen LogP contribution in [0.2, 0.25) is 0 Å². The van der Waals surface area contributed by atoms with E-state index in [9.17, 15) is 5.11 Å². The second kappa shape index (κ2) is 5.70. The standard InChI is InChI=1S/C9H15BrN4OS/c1-9(15,5-16-2)4-12-8-13-6(10)3-7(11)14-8/h3,15H,4-5H2,1-2H3,(H3,11,12,13,14). The van der Waals surface area contributed by atoms with Gasteiger partial charge in [-0.1, -0.05) is 0 Å². The van der Waals surface area contributed by atoms with Gasteiger partial charge in [0.05, 0.1) is 5.60 Å². The normalized spacial score (nSPS) is 14.5. The van der Waals surface area contributed by atoms with Crippen LogP contribution in [0.3, 0.4) is 0 Å². The first-order chi connectivity index (χ1) is 7.43. The summed E-state index contributed by atoms with van der Waals surface area (Å²) in [6.07, 6.45) is 1.95. The molecule has 0 aliphatic heterocycles. The van der Waals surface area contributed by atoms with Gasteiger partial charge in [0.25, 0.3) is 0 Å². The van der Waals surface area contributed by atoms with Crippen LogP contribution in [0.5, 0.6) is 0 Å². The van der Waals surface area contributed by atoms with Crippen LogP contribution in [0.1, 0.15) is 6.92 Å². The predicted octanol–water partition coefficient (Wildman–Crippen LogP) is 1.35. The van der Waals surface area contributed by atoms with Gasteiger partial charge in [0.2, 0.25) is 5.95 Å². The van der Waals surface area contributed by atoms with Gasteiger partial charge in [0.15, 0.2) is 0 Å². The Morgan fingerprint density at radius 3 is 2.88 bits per heavy atom. The van der Waals surface area contributed by atoms with E-state index in [1.807, 2.05) is 6.26 Å². The number of halogens is 1. The number of hydrogen-bond acceptors (Lipinski definition) is 6. The summed E-state index contributed by atoms with van der Waals surface area (Å²) in [6.45, 7) is 2.14. The molecular formula is C9H15BrN4OS. The number of rotatable bonds is 5. The zero-order valence-corrected chi connectivity index (χ0v) is 11.6. The van der Waals surface area contributed by atoms with E-state index in [0.29, 0.717) is 28.7 Å². The van der Waals surface area contributed by atoms with Crippen LogP contribution >= 0.6 is 27.7 Å². The molecule has 1 atom stereocenters. The van der Waals surface area contributed by atoms with E-state index >= 15 is 0 Å². The van der Waals surface area contributed by atoms with Crippen molar-refractivity contribution in [3.05, 3.63) is 10.7 Å². The largest absolute Gasteiger partial charge is 0.387 e. The molecule has 16 heavy (non-hydrogen) atoms. The zero-order chi connectivity index (χ0) is 12.2. The highest BCUT2D eigenvalue weighted by molar-refractivity contribution is 9.10. The first-order valence-corrected chi connectivity index (χ1v) is 6.87. The average Bonchev–Trinajstić information content (AvgIpc) is 2.13. The Labute approximate surface area is 107 Å². The molecule has 0 aliphatic rings. The van der Waals surface area contributed by atoms with Crippen molar-refractivity contribution < 1.29 is 5.11 Å². The number of anilines is 2. The first kappa shape index (κ1) is 13.5. The molecule has 1 heterocycles. The smallest absolute Gasteiger partial charge is 0.225 e. The SMILES string of the molecule is CSCC(C)(O)CNc1nc(N)cc(Br)n1. The minimum atomic E-state index is -0.792. The summed E-state index contributed by atoms with van der Waals surface area (Å²) in [6, 6.07) is 1.62. The number of nitrogens with two attached hydrogens (primary N) is 1. The van der Waals surface area contributed by atoms with Gasteiger partial charge in [-0.25, -0.2) is 4.98 Å². The summed E-state index contributed by atoms with van der Waals surface area (Å²) in [7, 11) is 0. The molecule has 4 N–H and O–H groups in total. The fourth-order valence-corrected chi connectivity index (χ4v) is 2.27. The fraction of sp³-hybridized carbons (Fsp3) is 0.556. The van der Waals surface area contributed by atoms with Crippen molar-refractivity contribution in [3.8, 4) is 0 Å². The Bertz CT molecular complexity index is 341. The number of nitrogen functional groups attached to an aromatic ring is 1. The summed E-state index contributed by atoms with van der Waals surface area (Å²) >= 11 is 4.81. The summed E-state index contributed by atoms with van der Waals surface area (Å²) in [5, 5.41) is 12.9. The number of nitrogens with zero attached hydrogens (tertiary/aromatic N) is 2. The van der Waals surface area contributed by atoms with Crippen LogP contribution in [-0.2, 0) is 0 Å². The van der Waals surface area contributed by atoms with Gasteiger partial charge in [-0.2, -0.15) is 16.7 Å². The van der Waals surface area contributed by atoms with Gasteiger partial charge in [0.1, 0.15) is 10.4 Å². The molecule has 7 heteroatoms. The van der Waals surface area contributed by atoms with Gasteiger partial charge >= 0.3 is 0 Å². The van der Waals surface area contributed by atoms with Crippen molar-refractivity contribution in [1.29, 1.82) is 0 Å². The molecule has 0 saturated carbocycles. The van der Waals surface area contributed by atoms with Gasteiger partial charge in [-0.05, 0) is 29.1 Å². The summed E-state index contributed by atoms with van der Waals surface area (Å²) in [4.78, 5) is 8.10. The van der Waals surface area contributed by atoms with Crippen molar-refractivity contribution in [1.82, 2.24) is 9.97 Å². The van der Waals surface area contributed by atoms with E-state index in [2.05, 4.69) is 31.2 Å². The number of nitrogens with one attached hydrogen (secondary N) is 1. The second-order valence-electron chi connectivity index (χ2n) is 3.72. The maximum absolute atomic E-state index is 9.93. The van der Waals surface area contributed by atoms with Crippen LogP contribution < -0.4 is 11.1 Å². The molecular weight excluding hydrogens is 292 g/mol. The van der Waals surface area contributed by atoms with E-state index in [4.69, 9.17) is 5.73 Å². The highest BCUT2D eigenvalue weighted by atomic mass is 79.9. The Morgan fingerprint density at radius 1 is 1.62 bits per heavy atom. The molecule has 90 valence electrons. The molecule has 0 fully saturated rings. The van der Waals surface area contributed by atoms with Crippen molar-refractivity contribution in [2.75, 3.05) is 29.6 Å². The topological polar surface area (TPSA) is 84.1 Å². The summed E-state index contributed by atoms with van der Waals surface area (Å²) in [5.74, 6) is 1.44. The molecule has 0 aromatic carbocycles. The lowest BCUT2D eigenvalue weighted by Crippen LogP contribution is -2.36. The lowest BCUT2D eigenvalue weighted by Gasteiger charge is -2.22. The van der Waals surface area contributed by atoms with Crippen LogP contribution in [0.4, 0.5) is 11.8 Å². The lowest BCUT2D eigenvalue weighted by atomic mass is 10.1. The van der Waals surface area contributed by atoms with Crippen LogP contribution in [-0.4, -0.2) is 39.2 Å². The molecule has 0 spiro atoms. The highest BCUT2D eigenvalue weighted by Crippen LogP contribution is 2.14. The second-order valence-corrected chi connectivity index (χ2v) is 5.40. The summed E-state index contributed by atoms with van der Waals surface area (Å²) in [5.41, 5.74) is 4.78. The molecule has 0 radical (unpaired) electrons. The highest BCUT2D eigenvalue weighted by Gasteiger charge is 2.19. The van der Waals surface area contributed by atoms with Crippen molar-refractivity contribution in [2.24, 2.45) is 0 Å². The minimum absolute atomic E-state index is 0.379. The Morgan fingerprint density at radius 2 is 2.31 bits per heavy atom. The monoisotopic (exact) mass is 306 g/mol. The maximum atomic E-state index is 9.93. The lowest BCUT2D eigenvalue weighted by molar-refractivity contribution is 0.0995. The molecule has 1 rings (SSSR count). The Balaban J connectivity index is 2.60. The number of hydrogen-bond donors (Lipinski definition) is 3. The predicted molar refractivity (Wildman–Crippen MR) is 71.6 cm³/mol. The first-order valence-electron chi connectivity index (χ1n) is 4.68. The van der Waals surface area contributed by atoms with Crippen LogP contribution in [0.15, 0.2) is 10.7 Å². The molecule has 1 aromatic rings. The van der Waals surface area contributed by atoms with Crippen molar-refractivity contribution >= 4 is 39.5 Å². The fourth-order valence-electron chi connectivity index (χ4n) is 1.15. The van der Waals surface area contributed by atoms with E-state index in [0.717, 1.165) is 0 Å². The van der Waals surface area contributed by atoms with Crippen LogP contribution in [0.25, 0.3) is 0 Å². The third-order valence-electron chi connectivity index (χ3n) is 1.80. The zero-order valence-electron chi connectivity index (χ0n) is 9.20. The number of thioether (sulfide) groups is 1. The van der Waals surface area contributed by atoms with E-state index in [1.165, 1.54) is 0 Å². The van der Waals surface area contributed by atoms with E-state index < -0.39 is 5.60 Å². The average molecular weight is 307 g/mol. The third kappa shape index (κ3) is 4.54. The summed E-state index contributed by atoms with van der Waals surface area (Å²) < 4.78 is 0.618. The van der Waals surface area contributed by atoms with Gasteiger partial charge in [-0.15, -0.1) is 0 Å². The number of aliphatic hydroxyl groups is 1. The Hall–Kier alpha value is -0.530. The van der Waals surface area contributed by atoms with Gasteiger partial charge in [0, 0.05) is 18.4 Å². The van der Waals surface area contributed by atoms with Gasteiger partial charge < -0.3 is 16.2 Å². The van der Waals surface area contributed by atoms with Crippen LogP contribution in [0, 0.1) is 0 Å². The van der Waals surface area contributed by atoms with E-state index in [-0.39, 0.29) is 0 Å². The molecule has 1 aromatic heterocycles. The van der Waals surface area contributed by atoms with Crippen molar-refractivity contribution in [2.45, 2.75) is 12.5 Å². The third-order valence-corrected chi connectivity index (χ3v) is 3.11. The molecule has 0 aliphatic carbocycles. The molecule has 1 unspecified atom stereocenters. The van der Waals surface area contributed by atoms with Crippen molar-refractivity contribution in [3.63, 3.8) is 0 Å². The van der Waals surface area contributed by atoms with Gasteiger partial charge in [-0.3, -0.25) is 0 Å². The molecule has 5 nitrogen and oxygen atoms in total. The molecule has 0 amide bonds. The quantitative estimate of drug-likeness (QED) is 0.712. The van der Waals surface area contributed by atoms with E-state index in [1.54, 1.807) is 24.8 Å². The minimum Gasteiger partial charge on any atom is -0.387 e. The Kier molecular flexibility index (Phi) is 4.82. The molecule has 0 bridgehead atoms.